The number of ether oxygens (including phenoxy) is 1. The number of hydrogen-bond acceptors (Lipinski definition) is 2. The van der Waals surface area contributed by atoms with E-state index in [-0.39, 0.29) is 23.4 Å². The summed E-state index contributed by atoms with van der Waals surface area (Å²) < 4.78 is 32.4. The fourth-order valence-corrected chi connectivity index (χ4v) is 1.83. The minimum absolute atomic E-state index is 0.0428. The zero-order chi connectivity index (χ0) is 14.7. The SMILES string of the molecule is C[C@H](N)c1ccc(OCc2ccc(Cl)c(F)c2)c(F)c1. The maximum atomic E-state index is 13.8. The van der Waals surface area contributed by atoms with Crippen molar-refractivity contribution in [1.29, 1.82) is 0 Å². The number of nitrogens with two attached hydrogens (primary N) is 1. The van der Waals surface area contributed by atoms with E-state index in [4.69, 9.17) is 22.1 Å². The second kappa shape index (κ2) is 6.20. The van der Waals surface area contributed by atoms with Gasteiger partial charge in [0.05, 0.1) is 5.02 Å². The van der Waals surface area contributed by atoms with Gasteiger partial charge in [0.25, 0.3) is 0 Å². The normalized spacial score (nSPS) is 12.2. The first kappa shape index (κ1) is 14.8. The zero-order valence-corrected chi connectivity index (χ0v) is 11.6. The van der Waals surface area contributed by atoms with Crippen molar-refractivity contribution in [2.24, 2.45) is 5.73 Å². The number of hydrogen-bond donors (Lipinski definition) is 1. The van der Waals surface area contributed by atoms with Gasteiger partial charge in [0.15, 0.2) is 11.6 Å². The smallest absolute Gasteiger partial charge is 0.165 e. The van der Waals surface area contributed by atoms with Gasteiger partial charge in [-0.1, -0.05) is 23.7 Å². The summed E-state index contributed by atoms with van der Waals surface area (Å²) in [7, 11) is 0. The molecule has 0 bridgehead atoms. The molecule has 0 saturated heterocycles. The fraction of sp³-hybridized carbons (Fsp3) is 0.200. The number of rotatable bonds is 4. The summed E-state index contributed by atoms with van der Waals surface area (Å²) in [5, 5.41) is 0.0428. The van der Waals surface area contributed by atoms with E-state index in [0.717, 1.165) is 0 Å². The standard InChI is InChI=1S/C15H14ClF2NO/c1-9(19)11-3-5-15(14(18)7-11)20-8-10-2-4-12(16)13(17)6-10/h2-7,9H,8,19H2,1H3/t9-/m0/s1. The van der Waals surface area contributed by atoms with Crippen LogP contribution < -0.4 is 10.5 Å². The molecule has 0 unspecified atom stereocenters. The Kier molecular flexibility index (Phi) is 4.57. The zero-order valence-electron chi connectivity index (χ0n) is 10.9. The average Bonchev–Trinajstić information content (AvgIpc) is 2.41. The van der Waals surface area contributed by atoms with Crippen LogP contribution in [0.3, 0.4) is 0 Å². The quantitative estimate of drug-likeness (QED) is 0.917. The molecule has 1 atom stereocenters. The van der Waals surface area contributed by atoms with E-state index in [1.807, 2.05) is 0 Å². The predicted molar refractivity (Wildman–Crippen MR) is 74.7 cm³/mol. The molecular weight excluding hydrogens is 284 g/mol. The molecule has 106 valence electrons. The Balaban J connectivity index is 2.09. The van der Waals surface area contributed by atoms with E-state index in [9.17, 15) is 8.78 Å². The Morgan fingerprint density at radius 2 is 1.90 bits per heavy atom. The lowest BCUT2D eigenvalue weighted by molar-refractivity contribution is 0.289. The van der Waals surface area contributed by atoms with E-state index in [1.54, 1.807) is 19.1 Å². The van der Waals surface area contributed by atoms with Crippen molar-refractivity contribution in [3.63, 3.8) is 0 Å². The van der Waals surface area contributed by atoms with Gasteiger partial charge in [-0.2, -0.15) is 0 Å². The van der Waals surface area contributed by atoms with Gasteiger partial charge in [-0.3, -0.25) is 0 Å². The van der Waals surface area contributed by atoms with Gasteiger partial charge in [0, 0.05) is 6.04 Å². The van der Waals surface area contributed by atoms with Crippen LogP contribution in [-0.4, -0.2) is 0 Å². The number of benzene rings is 2. The third-order valence-corrected chi connectivity index (χ3v) is 3.17. The van der Waals surface area contributed by atoms with Crippen LogP contribution in [0.1, 0.15) is 24.1 Å². The van der Waals surface area contributed by atoms with Gasteiger partial charge in [-0.15, -0.1) is 0 Å². The molecule has 2 nitrogen and oxygen atoms in total. The van der Waals surface area contributed by atoms with Gasteiger partial charge < -0.3 is 10.5 Å². The van der Waals surface area contributed by atoms with Crippen LogP contribution in [0.25, 0.3) is 0 Å². The molecule has 20 heavy (non-hydrogen) atoms. The first-order chi connectivity index (χ1) is 9.47. The molecule has 2 aromatic carbocycles. The molecule has 0 radical (unpaired) electrons. The lowest BCUT2D eigenvalue weighted by Gasteiger charge is -2.10. The Labute approximate surface area is 121 Å². The van der Waals surface area contributed by atoms with Crippen molar-refractivity contribution in [3.8, 4) is 5.75 Å². The van der Waals surface area contributed by atoms with Gasteiger partial charge in [-0.25, -0.2) is 8.78 Å². The van der Waals surface area contributed by atoms with Crippen molar-refractivity contribution in [2.45, 2.75) is 19.6 Å². The van der Waals surface area contributed by atoms with Crippen LogP contribution >= 0.6 is 11.6 Å². The molecule has 0 aliphatic heterocycles. The van der Waals surface area contributed by atoms with Crippen molar-refractivity contribution >= 4 is 11.6 Å². The van der Waals surface area contributed by atoms with E-state index in [2.05, 4.69) is 0 Å². The molecule has 2 rings (SSSR count). The second-order valence-electron chi connectivity index (χ2n) is 4.52. The molecule has 0 amide bonds. The van der Waals surface area contributed by atoms with Crippen LogP contribution in [0.2, 0.25) is 5.02 Å². The number of halogens is 3. The Hall–Kier alpha value is -1.65. The minimum atomic E-state index is -0.527. The van der Waals surface area contributed by atoms with Crippen LogP contribution in [0.4, 0.5) is 8.78 Å². The lowest BCUT2D eigenvalue weighted by Crippen LogP contribution is -2.06. The van der Waals surface area contributed by atoms with Gasteiger partial charge >= 0.3 is 0 Å². The first-order valence-corrected chi connectivity index (χ1v) is 6.47. The summed E-state index contributed by atoms with van der Waals surface area (Å²) in [5.41, 5.74) is 6.93. The maximum absolute atomic E-state index is 13.8. The van der Waals surface area contributed by atoms with Crippen molar-refractivity contribution in [1.82, 2.24) is 0 Å². The largest absolute Gasteiger partial charge is 0.486 e. The van der Waals surface area contributed by atoms with E-state index in [1.165, 1.54) is 24.3 Å². The van der Waals surface area contributed by atoms with Crippen LogP contribution in [-0.2, 0) is 6.61 Å². The van der Waals surface area contributed by atoms with Crippen LogP contribution in [0, 0.1) is 11.6 Å². The highest BCUT2D eigenvalue weighted by molar-refractivity contribution is 6.30. The molecule has 2 N–H and O–H groups in total. The molecule has 0 spiro atoms. The Morgan fingerprint density at radius 3 is 2.50 bits per heavy atom. The summed E-state index contributed by atoms with van der Waals surface area (Å²) in [6, 6.07) is 8.62. The monoisotopic (exact) mass is 297 g/mol. The molecule has 0 heterocycles. The topological polar surface area (TPSA) is 35.2 Å². The highest BCUT2D eigenvalue weighted by Gasteiger charge is 2.08. The summed E-state index contributed by atoms with van der Waals surface area (Å²) in [5.74, 6) is -0.917. The molecule has 0 saturated carbocycles. The minimum Gasteiger partial charge on any atom is -0.486 e. The molecule has 5 heteroatoms. The van der Waals surface area contributed by atoms with E-state index < -0.39 is 11.6 Å². The van der Waals surface area contributed by atoms with Crippen molar-refractivity contribution < 1.29 is 13.5 Å². The second-order valence-corrected chi connectivity index (χ2v) is 4.92. The van der Waals surface area contributed by atoms with Crippen molar-refractivity contribution in [2.75, 3.05) is 0 Å². The van der Waals surface area contributed by atoms with Gasteiger partial charge in [0.1, 0.15) is 12.4 Å². The molecule has 0 fully saturated rings. The average molecular weight is 298 g/mol. The summed E-state index contributed by atoms with van der Waals surface area (Å²) in [4.78, 5) is 0. The predicted octanol–water partition coefficient (Wildman–Crippen LogP) is 4.22. The third kappa shape index (κ3) is 3.46. The summed E-state index contributed by atoms with van der Waals surface area (Å²) in [6.45, 7) is 1.83. The molecular formula is C15H14ClF2NO. The lowest BCUT2D eigenvalue weighted by atomic mass is 10.1. The summed E-state index contributed by atoms with van der Waals surface area (Å²) in [6.07, 6.45) is 0. The highest BCUT2D eigenvalue weighted by Crippen LogP contribution is 2.23. The first-order valence-electron chi connectivity index (χ1n) is 6.09. The van der Waals surface area contributed by atoms with Gasteiger partial charge in [-0.05, 0) is 42.3 Å². The van der Waals surface area contributed by atoms with E-state index >= 15 is 0 Å². The molecule has 0 aliphatic carbocycles. The van der Waals surface area contributed by atoms with Crippen LogP contribution in [0.5, 0.6) is 5.75 Å². The maximum Gasteiger partial charge on any atom is 0.165 e. The fourth-order valence-electron chi connectivity index (χ4n) is 1.71. The Morgan fingerprint density at radius 1 is 1.15 bits per heavy atom. The van der Waals surface area contributed by atoms with Crippen molar-refractivity contribution in [3.05, 3.63) is 64.2 Å². The highest BCUT2D eigenvalue weighted by atomic mass is 35.5. The van der Waals surface area contributed by atoms with Gasteiger partial charge in [0.2, 0.25) is 0 Å². The Bertz CT molecular complexity index is 617. The van der Waals surface area contributed by atoms with Crippen LogP contribution in [0.15, 0.2) is 36.4 Å². The molecule has 0 aliphatic rings. The molecule has 0 aromatic heterocycles. The summed E-state index contributed by atoms with van der Waals surface area (Å²) >= 11 is 5.58. The third-order valence-electron chi connectivity index (χ3n) is 2.86. The molecule has 2 aromatic rings. The van der Waals surface area contributed by atoms with E-state index in [0.29, 0.717) is 11.1 Å².